The van der Waals surface area contributed by atoms with Gasteiger partial charge < -0.3 is 9.84 Å². The Kier molecular flexibility index (Phi) is 28.7. The van der Waals surface area contributed by atoms with Crippen LogP contribution in [0, 0.1) is 0 Å². The van der Waals surface area contributed by atoms with Gasteiger partial charge in [0.2, 0.25) is 0 Å². The predicted molar refractivity (Wildman–Crippen MR) is 158 cm³/mol. The standard InChI is InChI=1S/C33H64O4/c1-3-5-7-9-11-13-15-16-17-18-20-22-24-26-28-30-32(34)37-31(33(35)36)29-27-25-23-21-19-14-12-10-8-6-4-2/h31H,3-30H2,1-2H3,(H,35,36). The molecule has 0 radical (unpaired) electrons. The fourth-order valence-corrected chi connectivity index (χ4v) is 5.09. The van der Waals surface area contributed by atoms with Gasteiger partial charge in [0, 0.05) is 6.42 Å². The maximum atomic E-state index is 12.1. The highest BCUT2D eigenvalue weighted by molar-refractivity contribution is 5.77. The van der Waals surface area contributed by atoms with Crippen LogP contribution in [0.4, 0.5) is 0 Å². The van der Waals surface area contributed by atoms with Gasteiger partial charge >= 0.3 is 11.9 Å². The molecular formula is C33H64O4. The molecule has 0 aliphatic carbocycles. The first-order valence-corrected chi connectivity index (χ1v) is 16.5. The number of hydrogen-bond acceptors (Lipinski definition) is 3. The fraction of sp³-hybridized carbons (Fsp3) is 0.939. The van der Waals surface area contributed by atoms with E-state index in [1.54, 1.807) is 0 Å². The minimum absolute atomic E-state index is 0.342. The molecule has 0 saturated carbocycles. The van der Waals surface area contributed by atoms with Crippen LogP contribution in [-0.2, 0) is 14.3 Å². The van der Waals surface area contributed by atoms with E-state index in [-0.39, 0.29) is 5.97 Å². The first-order chi connectivity index (χ1) is 18.1. The minimum atomic E-state index is -1.00. The molecule has 0 aliphatic heterocycles. The molecule has 0 aromatic carbocycles. The van der Waals surface area contributed by atoms with Crippen LogP contribution in [0.2, 0.25) is 0 Å². The number of carboxylic acids is 1. The van der Waals surface area contributed by atoms with E-state index in [1.807, 2.05) is 0 Å². The number of unbranched alkanes of at least 4 members (excludes halogenated alkanes) is 24. The second-order valence-electron chi connectivity index (χ2n) is 11.3. The van der Waals surface area contributed by atoms with Crippen molar-refractivity contribution in [2.45, 2.75) is 200 Å². The van der Waals surface area contributed by atoms with Gasteiger partial charge in [0.25, 0.3) is 0 Å². The van der Waals surface area contributed by atoms with Gasteiger partial charge in [0.15, 0.2) is 6.10 Å². The Bertz CT molecular complexity index is 491. The van der Waals surface area contributed by atoms with Crippen LogP contribution < -0.4 is 0 Å². The zero-order chi connectivity index (χ0) is 27.2. The number of aliphatic carboxylic acids is 1. The van der Waals surface area contributed by atoms with Crippen LogP contribution in [-0.4, -0.2) is 23.1 Å². The molecule has 220 valence electrons. The largest absolute Gasteiger partial charge is 0.479 e. The first-order valence-electron chi connectivity index (χ1n) is 16.5. The van der Waals surface area contributed by atoms with Crippen LogP contribution in [0.5, 0.6) is 0 Å². The molecule has 1 N–H and O–H groups in total. The summed E-state index contributed by atoms with van der Waals surface area (Å²) in [5.41, 5.74) is 0. The average Bonchev–Trinajstić information content (AvgIpc) is 2.88. The Labute approximate surface area is 231 Å². The van der Waals surface area contributed by atoms with Gasteiger partial charge in [-0.2, -0.15) is 0 Å². The van der Waals surface area contributed by atoms with E-state index >= 15 is 0 Å². The van der Waals surface area contributed by atoms with Crippen molar-refractivity contribution in [3.63, 3.8) is 0 Å². The highest BCUT2D eigenvalue weighted by Crippen LogP contribution is 2.16. The molecule has 1 atom stereocenters. The Morgan fingerprint density at radius 3 is 1.11 bits per heavy atom. The highest BCUT2D eigenvalue weighted by atomic mass is 16.6. The number of carbonyl (C=O) groups is 2. The van der Waals surface area contributed by atoms with Crippen LogP contribution in [0.25, 0.3) is 0 Å². The van der Waals surface area contributed by atoms with Crippen molar-refractivity contribution in [3.8, 4) is 0 Å². The molecule has 0 amide bonds. The molecule has 0 aromatic heterocycles. The molecule has 0 heterocycles. The second-order valence-corrected chi connectivity index (χ2v) is 11.3. The number of carboxylic acid groups (broad SMARTS) is 1. The Balaban J connectivity index is 3.53. The summed E-state index contributed by atoms with van der Waals surface area (Å²) in [6.45, 7) is 4.52. The molecule has 1 unspecified atom stereocenters. The minimum Gasteiger partial charge on any atom is -0.479 e. The van der Waals surface area contributed by atoms with Crippen LogP contribution in [0.3, 0.4) is 0 Å². The van der Waals surface area contributed by atoms with Crippen molar-refractivity contribution < 1.29 is 19.4 Å². The molecule has 4 nitrogen and oxygen atoms in total. The van der Waals surface area contributed by atoms with Crippen molar-refractivity contribution in [2.75, 3.05) is 0 Å². The molecule has 0 aromatic rings. The molecule has 0 aliphatic rings. The monoisotopic (exact) mass is 524 g/mol. The summed E-state index contributed by atoms with van der Waals surface area (Å²) >= 11 is 0. The lowest BCUT2D eigenvalue weighted by Crippen LogP contribution is -2.27. The molecule has 37 heavy (non-hydrogen) atoms. The third-order valence-corrected chi connectivity index (χ3v) is 7.60. The lowest BCUT2D eigenvalue weighted by Gasteiger charge is -2.13. The van der Waals surface area contributed by atoms with Crippen LogP contribution in [0.1, 0.15) is 194 Å². The summed E-state index contributed by atoms with van der Waals surface area (Å²) in [7, 11) is 0. The molecule has 0 spiro atoms. The summed E-state index contributed by atoms with van der Waals surface area (Å²) in [5, 5.41) is 9.41. The summed E-state index contributed by atoms with van der Waals surface area (Å²) in [6, 6.07) is 0. The van der Waals surface area contributed by atoms with Crippen LogP contribution in [0.15, 0.2) is 0 Å². The second kappa shape index (κ2) is 29.5. The fourth-order valence-electron chi connectivity index (χ4n) is 5.09. The van der Waals surface area contributed by atoms with Crippen molar-refractivity contribution in [3.05, 3.63) is 0 Å². The van der Waals surface area contributed by atoms with Gasteiger partial charge in [-0.05, 0) is 19.3 Å². The van der Waals surface area contributed by atoms with E-state index in [0.29, 0.717) is 12.8 Å². The van der Waals surface area contributed by atoms with Gasteiger partial charge in [-0.25, -0.2) is 4.79 Å². The highest BCUT2D eigenvalue weighted by Gasteiger charge is 2.21. The third kappa shape index (κ3) is 27.8. The zero-order valence-electron chi connectivity index (χ0n) is 25.0. The Morgan fingerprint density at radius 1 is 0.486 bits per heavy atom. The summed E-state index contributed by atoms with van der Waals surface area (Å²) in [5.74, 6) is -1.35. The molecule has 0 rings (SSSR count). The Morgan fingerprint density at radius 2 is 0.784 bits per heavy atom. The lowest BCUT2D eigenvalue weighted by atomic mass is 10.0. The number of carbonyl (C=O) groups excluding carboxylic acids is 1. The quantitative estimate of drug-likeness (QED) is 0.0749. The summed E-state index contributed by atoms with van der Waals surface area (Å²) < 4.78 is 5.28. The van der Waals surface area contributed by atoms with E-state index in [0.717, 1.165) is 38.5 Å². The number of rotatable bonds is 30. The maximum absolute atomic E-state index is 12.1. The van der Waals surface area contributed by atoms with E-state index in [4.69, 9.17) is 4.74 Å². The van der Waals surface area contributed by atoms with Crippen molar-refractivity contribution in [1.82, 2.24) is 0 Å². The number of hydrogen-bond donors (Lipinski definition) is 1. The molecule has 0 fully saturated rings. The molecule has 4 heteroatoms. The van der Waals surface area contributed by atoms with Gasteiger partial charge in [-0.15, -0.1) is 0 Å². The predicted octanol–water partition coefficient (Wildman–Crippen LogP) is 10.9. The van der Waals surface area contributed by atoms with E-state index in [2.05, 4.69) is 13.8 Å². The smallest absolute Gasteiger partial charge is 0.345 e. The van der Waals surface area contributed by atoms with E-state index in [9.17, 15) is 14.7 Å². The number of ether oxygens (including phenoxy) is 1. The van der Waals surface area contributed by atoms with Crippen molar-refractivity contribution >= 4 is 11.9 Å². The van der Waals surface area contributed by atoms with Crippen molar-refractivity contribution in [1.29, 1.82) is 0 Å². The normalized spacial score (nSPS) is 12.1. The van der Waals surface area contributed by atoms with Crippen molar-refractivity contribution in [2.24, 2.45) is 0 Å². The van der Waals surface area contributed by atoms with Crippen LogP contribution >= 0.6 is 0 Å². The summed E-state index contributed by atoms with van der Waals surface area (Å²) in [6.07, 6.45) is 32.7. The SMILES string of the molecule is CCCCCCCCCCCCCCCCCC(=O)OC(CCCCCCCCCCCCC)C(=O)O. The topological polar surface area (TPSA) is 63.6 Å². The summed E-state index contributed by atoms with van der Waals surface area (Å²) in [4.78, 5) is 23.6. The van der Waals surface area contributed by atoms with E-state index in [1.165, 1.54) is 128 Å². The molecule has 0 bridgehead atoms. The average molecular weight is 525 g/mol. The van der Waals surface area contributed by atoms with Gasteiger partial charge in [-0.3, -0.25) is 4.79 Å². The number of esters is 1. The third-order valence-electron chi connectivity index (χ3n) is 7.60. The zero-order valence-corrected chi connectivity index (χ0v) is 25.0. The van der Waals surface area contributed by atoms with Gasteiger partial charge in [0.1, 0.15) is 0 Å². The van der Waals surface area contributed by atoms with Gasteiger partial charge in [-0.1, -0.05) is 168 Å². The maximum Gasteiger partial charge on any atom is 0.345 e. The van der Waals surface area contributed by atoms with Gasteiger partial charge in [0.05, 0.1) is 0 Å². The lowest BCUT2D eigenvalue weighted by molar-refractivity contribution is -0.164. The molecular weight excluding hydrogens is 460 g/mol. The first kappa shape index (κ1) is 35.9. The Hall–Kier alpha value is -1.06. The van der Waals surface area contributed by atoms with E-state index < -0.39 is 12.1 Å². The molecule has 0 saturated heterocycles.